The molecule has 0 radical (unpaired) electrons. The first-order valence-electron chi connectivity index (χ1n) is 16.7. The molecule has 0 saturated carbocycles. The first-order chi connectivity index (χ1) is 23.8. The summed E-state index contributed by atoms with van der Waals surface area (Å²) in [4.78, 5) is 10.4. The molecule has 0 bridgehead atoms. The summed E-state index contributed by atoms with van der Waals surface area (Å²) in [6, 6.07) is 48.2. The molecule has 0 fully saturated rings. The number of benzene rings is 6. The highest BCUT2D eigenvalue weighted by molar-refractivity contribution is 6.06. The molecule has 1 atom stereocenters. The summed E-state index contributed by atoms with van der Waals surface area (Å²) in [7, 11) is 0. The Bertz CT molecular complexity index is 2680. The summed E-state index contributed by atoms with van der Waals surface area (Å²) in [5, 5.41) is 2.29. The molecule has 3 aliphatic carbocycles. The number of furan rings is 1. The third-order valence-electron chi connectivity index (χ3n) is 10.8. The summed E-state index contributed by atoms with van der Waals surface area (Å²) in [6.07, 6.45) is 6.44. The summed E-state index contributed by atoms with van der Waals surface area (Å²) in [6.45, 7) is 0. The van der Waals surface area contributed by atoms with Gasteiger partial charge in [-0.1, -0.05) is 127 Å². The highest BCUT2D eigenvalue weighted by Gasteiger charge is 2.52. The van der Waals surface area contributed by atoms with E-state index in [0.717, 1.165) is 57.7 Å². The molecule has 0 amide bonds. The van der Waals surface area contributed by atoms with E-state index in [2.05, 4.69) is 140 Å². The SMILES string of the molecule is C1=Cc2oc3c4c(ccc3c2CC1)C1(c2ccccc2-c2ccc(-c3nc(-c5ccccc5)c5ccccc5n3)cc21)c1ccccc1-4. The Morgan fingerprint density at radius 3 is 2.21 bits per heavy atom. The smallest absolute Gasteiger partial charge is 0.160 e. The Labute approximate surface area is 277 Å². The maximum absolute atomic E-state index is 6.75. The second-order valence-corrected chi connectivity index (χ2v) is 13.1. The Morgan fingerprint density at radius 2 is 1.31 bits per heavy atom. The summed E-state index contributed by atoms with van der Waals surface area (Å²) < 4.78 is 6.75. The quantitative estimate of drug-likeness (QED) is 0.195. The Hall–Kier alpha value is -6.06. The van der Waals surface area contributed by atoms with Crippen LogP contribution in [0.2, 0.25) is 0 Å². The van der Waals surface area contributed by atoms with E-state index >= 15 is 0 Å². The molecule has 3 nitrogen and oxygen atoms in total. The molecule has 1 spiro atoms. The number of fused-ring (bicyclic) bond motifs is 15. The summed E-state index contributed by atoms with van der Waals surface area (Å²) >= 11 is 0. The van der Waals surface area contributed by atoms with Crippen LogP contribution in [0.15, 0.2) is 144 Å². The molecule has 3 heteroatoms. The predicted octanol–water partition coefficient (Wildman–Crippen LogP) is 11.0. The molecule has 2 heterocycles. The van der Waals surface area contributed by atoms with E-state index < -0.39 is 5.41 Å². The van der Waals surface area contributed by atoms with Crippen molar-refractivity contribution in [2.45, 2.75) is 18.3 Å². The molecule has 0 saturated heterocycles. The van der Waals surface area contributed by atoms with Crippen molar-refractivity contribution in [2.75, 3.05) is 0 Å². The lowest BCUT2D eigenvalue weighted by Gasteiger charge is -2.30. The second-order valence-electron chi connectivity index (χ2n) is 13.1. The van der Waals surface area contributed by atoms with Crippen molar-refractivity contribution < 1.29 is 4.42 Å². The second kappa shape index (κ2) is 9.49. The van der Waals surface area contributed by atoms with Crippen molar-refractivity contribution in [1.82, 2.24) is 9.97 Å². The standard InChI is InChI=1S/C45H28N2O/c1-2-12-27(13-3-1)42-34-17-6-10-20-39(34)46-44(47-42)28-22-23-30-29-14-4-8-18-35(29)45(38(30)26-28)36-19-9-5-16-33(36)41-37(45)25-24-32-31-15-7-11-21-40(31)48-43(32)41/h1-6,8-14,16-26H,7,15H2. The van der Waals surface area contributed by atoms with Gasteiger partial charge in [-0.15, -0.1) is 0 Å². The minimum absolute atomic E-state index is 0.496. The van der Waals surface area contributed by atoms with Crippen LogP contribution >= 0.6 is 0 Å². The Morgan fingerprint density at radius 1 is 0.562 bits per heavy atom. The first-order valence-corrected chi connectivity index (χ1v) is 16.7. The van der Waals surface area contributed by atoms with Crippen LogP contribution in [0, 0.1) is 0 Å². The molecule has 1 unspecified atom stereocenters. The van der Waals surface area contributed by atoms with E-state index in [-0.39, 0.29) is 0 Å². The van der Waals surface area contributed by atoms with Gasteiger partial charge < -0.3 is 4.42 Å². The third-order valence-corrected chi connectivity index (χ3v) is 10.8. The minimum atomic E-state index is -0.496. The van der Waals surface area contributed by atoms with Crippen molar-refractivity contribution in [3.05, 3.63) is 173 Å². The molecule has 8 aromatic rings. The fraction of sp³-hybridized carbons (Fsp3) is 0.0667. The Kier molecular flexibility index (Phi) is 5.15. The van der Waals surface area contributed by atoms with Crippen LogP contribution < -0.4 is 0 Å². The predicted molar refractivity (Wildman–Crippen MR) is 194 cm³/mol. The van der Waals surface area contributed by atoms with Gasteiger partial charge in [-0.05, 0) is 70.0 Å². The van der Waals surface area contributed by atoms with Gasteiger partial charge in [0.25, 0.3) is 0 Å². The minimum Gasteiger partial charge on any atom is -0.456 e. The van der Waals surface area contributed by atoms with Gasteiger partial charge in [-0.2, -0.15) is 0 Å². The maximum atomic E-state index is 6.75. The van der Waals surface area contributed by atoms with E-state index in [4.69, 9.17) is 14.4 Å². The summed E-state index contributed by atoms with van der Waals surface area (Å²) in [5.74, 6) is 1.73. The average Bonchev–Trinajstić information content (AvgIpc) is 3.78. The van der Waals surface area contributed by atoms with Crippen LogP contribution in [-0.2, 0) is 11.8 Å². The number of hydrogen-bond donors (Lipinski definition) is 0. The van der Waals surface area contributed by atoms with Crippen molar-refractivity contribution in [3.8, 4) is 44.9 Å². The molecule has 3 aliphatic rings. The van der Waals surface area contributed by atoms with Crippen molar-refractivity contribution in [3.63, 3.8) is 0 Å². The van der Waals surface area contributed by atoms with Crippen LogP contribution in [0.3, 0.4) is 0 Å². The van der Waals surface area contributed by atoms with E-state index in [1.54, 1.807) is 0 Å². The van der Waals surface area contributed by atoms with E-state index in [0.29, 0.717) is 0 Å². The fourth-order valence-electron chi connectivity index (χ4n) is 8.81. The number of allylic oxidation sites excluding steroid dienone is 1. The first kappa shape index (κ1) is 26.1. The molecule has 0 aliphatic heterocycles. The van der Waals surface area contributed by atoms with Gasteiger partial charge in [-0.25, -0.2) is 9.97 Å². The van der Waals surface area contributed by atoms with Crippen molar-refractivity contribution >= 4 is 27.9 Å². The number of nitrogens with zero attached hydrogens (tertiary/aromatic N) is 2. The Balaban J connectivity index is 1.22. The fourth-order valence-corrected chi connectivity index (χ4v) is 8.81. The van der Waals surface area contributed by atoms with Gasteiger partial charge in [-0.3, -0.25) is 0 Å². The monoisotopic (exact) mass is 612 g/mol. The molecule has 6 aromatic carbocycles. The lowest BCUT2D eigenvalue weighted by atomic mass is 9.70. The maximum Gasteiger partial charge on any atom is 0.160 e. The van der Waals surface area contributed by atoms with Crippen molar-refractivity contribution in [2.24, 2.45) is 0 Å². The number of aryl methyl sites for hydroxylation is 1. The topological polar surface area (TPSA) is 38.9 Å². The molecule has 224 valence electrons. The van der Waals surface area contributed by atoms with E-state index in [9.17, 15) is 0 Å². The normalized spacial score (nSPS) is 16.6. The molecule has 0 N–H and O–H groups in total. The van der Waals surface area contributed by atoms with Crippen LogP contribution in [0.5, 0.6) is 0 Å². The number of rotatable bonds is 2. The van der Waals surface area contributed by atoms with Gasteiger partial charge >= 0.3 is 0 Å². The highest BCUT2D eigenvalue weighted by atomic mass is 16.3. The number of hydrogen-bond acceptors (Lipinski definition) is 3. The van der Waals surface area contributed by atoms with Crippen LogP contribution in [-0.4, -0.2) is 9.97 Å². The summed E-state index contributed by atoms with van der Waals surface area (Å²) in [5.41, 5.74) is 15.9. The molecular weight excluding hydrogens is 585 g/mol. The zero-order valence-corrected chi connectivity index (χ0v) is 26.1. The molecule has 48 heavy (non-hydrogen) atoms. The molecule has 2 aromatic heterocycles. The van der Waals surface area contributed by atoms with Crippen LogP contribution in [0.1, 0.15) is 40.0 Å². The van der Waals surface area contributed by atoms with E-state index in [1.165, 1.54) is 55.5 Å². The van der Waals surface area contributed by atoms with Gasteiger partial charge in [0.2, 0.25) is 0 Å². The lowest BCUT2D eigenvalue weighted by molar-refractivity contribution is 0.596. The van der Waals surface area contributed by atoms with Gasteiger partial charge in [0.05, 0.1) is 16.6 Å². The van der Waals surface area contributed by atoms with E-state index in [1.807, 2.05) is 6.07 Å². The van der Waals surface area contributed by atoms with Gasteiger partial charge in [0.15, 0.2) is 5.82 Å². The molecular formula is C45H28N2O. The third kappa shape index (κ3) is 3.28. The average molecular weight is 613 g/mol. The largest absolute Gasteiger partial charge is 0.456 e. The highest BCUT2D eigenvalue weighted by Crippen LogP contribution is 2.64. The zero-order valence-electron chi connectivity index (χ0n) is 26.1. The molecule has 11 rings (SSSR count). The van der Waals surface area contributed by atoms with Crippen LogP contribution in [0.25, 0.3) is 72.8 Å². The van der Waals surface area contributed by atoms with Crippen molar-refractivity contribution in [1.29, 1.82) is 0 Å². The number of para-hydroxylation sites is 1. The van der Waals surface area contributed by atoms with Gasteiger partial charge in [0.1, 0.15) is 11.3 Å². The zero-order chi connectivity index (χ0) is 31.4. The number of aromatic nitrogens is 2. The van der Waals surface area contributed by atoms with Crippen LogP contribution in [0.4, 0.5) is 0 Å². The lowest BCUT2D eigenvalue weighted by Crippen LogP contribution is -2.25. The van der Waals surface area contributed by atoms with Gasteiger partial charge in [0, 0.05) is 33.0 Å².